The summed E-state index contributed by atoms with van der Waals surface area (Å²) in [5.74, 6) is 0.235. The summed E-state index contributed by atoms with van der Waals surface area (Å²) in [4.78, 5) is 13.4. The molecule has 0 bridgehead atoms. The summed E-state index contributed by atoms with van der Waals surface area (Å²) in [5, 5.41) is 9.63. The number of ketones is 1. The van der Waals surface area contributed by atoms with Crippen molar-refractivity contribution in [1.29, 1.82) is 5.26 Å². The number of fused-ring (bicyclic) bond motifs is 1. The molecule has 0 saturated carbocycles. The van der Waals surface area contributed by atoms with Crippen LogP contribution in [0.1, 0.15) is 50.5 Å². The maximum atomic E-state index is 15.4. The molecule has 0 spiro atoms. The number of hydrogen-bond donors (Lipinski definition) is 1. The zero-order valence-electron chi connectivity index (χ0n) is 21.5. The first-order valence-electron chi connectivity index (χ1n) is 11.7. The van der Waals surface area contributed by atoms with Crippen LogP contribution in [-0.4, -0.2) is 37.3 Å². The second kappa shape index (κ2) is 10.8. The van der Waals surface area contributed by atoms with E-state index in [4.69, 9.17) is 29.9 Å². The number of nitrogen functional groups attached to an aromatic ring is 1. The predicted octanol–water partition coefficient (Wildman–Crippen LogP) is 5.25. The minimum Gasteiger partial charge on any atom is -0.493 e. The number of rotatable bonds is 10. The predicted molar refractivity (Wildman–Crippen MR) is 136 cm³/mol. The summed E-state index contributed by atoms with van der Waals surface area (Å²) >= 11 is 0. The number of Topliss-reactive ketones (excluding diaryl/α,β-unsaturated/α-hetero) is 1. The third-order valence-electron chi connectivity index (χ3n) is 5.66. The lowest BCUT2D eigenvalue weighted by atomic mass is 9.84. The molecule has 9 heteroatoms. The van der Waals surface area contributed by atoms with E-state index in [9.17, 15) is 4.79 Å². The standard InChI is InChI=1S/C27H32FN3O5/c1-7-34-21-13-17-14-31(26(30)22(17)23(28)25(21)35-8-2)15-19(32)16-11-18(27(3,4)5)24(33-6)20(12-16)36-10-9-29/h11-14H,7-8,10,15,30H2,1-6H3. The average Bonchev–Trinajstić information content (AvgIpc) is 3.13. The van der Waals surface area contributed by atoms with Gasteiger partial charge in [0.05, 0.1) is 32.3 Å². The van der Waals surface area contributed by atoms with E-state index in [-0.39, 0.29) is 53.7 Å². The average molecular weight is 498 g/mol. The lowest BCUT2D eigenvalue weighted by Crippen LogP contribution is -2.17. The molecule has 0 radical (unpaired) electrons. The van der Waals surface area contributed by atoms with E-state index in [1.807, 2.05) is 26.8 Å². The van der Waals surface area contributed by atoms with Crippen LogP contribution in [0, 0.1) is 17.1 Å². The van der Waals surface area contributed by atoms with Crippen molar-refractivity contribution in [2.45, 2.75) is 46.6 Å². The maximum absolute atomic E-state index is 15.4. The number of halogens is 1. The Hall–Kier alpha value is -3.93. The molecule has 1 aromatic heterocycles. The first-order valence-corrected chi connectivity index (χ1v) is 11.7. The van der Waals surface area contributed by atoms with E-state index in [1.165, 1.54) is 11.7 Å². The van der Waals surface area contributed by atoms with Crippen LogP contribution in [0.3, 0.4) is 0 Å². The van der Waals surface area contributed by atoms with Gasteiger partial charge >= 0.3 is 0 Å². The van der Waals surface area contributed by atoms with Crippen molar-refractivity contribution in [3.8, 4) is 29.1 Å². The van der Waals surface area contributed by atoms with Gasteiger partial charge in [-0.3, -0.25) is 4.79 Å². The van der Waals surface area contributed by atoms with Gasteiger partial charge in [0.25, 0.3) is 0 Å². The van der Waals surface area contributed by atoms with Crippen molar-refractivity contribution in [2.75, 3.05) is 32.7 Å². The molecule has 36 heavy (non-hydrogen) atoms. The summed E-state index contributed by atoms with van der Waals surface area (Å²) in [6, 6.07) is 6.89. The molecule has 8 nitrogen and oxygen atoms in total. The Labute approximate surface area is 210 Å². The molecular weight excluding hydrogens is 465 g/mol. The van der Waals surface area contributed by atoms with Gasteiger partial charge < -0.3 is 29.2 Å². The third-order valence-corrected chi connectivity index (χ3v) is 5.66. The fourth-order valence-corrected chi connectivity index (χ4v) is 4.04. The number of ether oxygens (including phenoxy) is 4. The van der Waals surface area contributed by atoms with Crippen LogP contribution in [0.2, 0.25) is 0 Å². The van der Waals surface area contributed by atoms with Crippen molar-refractivity contribution in [3.63, 3.8) is 0 Å². The van der Waals surface area contributed by atoms with Crippen molar-refractivity contribution in [3.05, 3.63) is 41.3 Å². The zero-order chi connectivity index (χ0) is 26.6. The Morgan fingerprint density at radius 2 is 1.75 bits per heavy atom. The number of nitrogens with zero attached hydrogens (tertiary/aromatic N) is 2. The van der Waals surface area contributed by atoms with Crippen molar-refractivity contribution in [1.82, 2.24) is 4.57 Å². The Balaban J connectivity index is 2.08. The number of benzene rings is 2. The summed E-state index contributed by atoms with van der Waals surface area (Å²) in [6.45, 7) is 9.76. The molecule has 0 amide bonds. The van der Waals surface area contributed by atoms with E-state index in [2.05, 4.69) is 0 Å². The quantitative estimate of drug-likeness (QED) is 0.381. The van der Waals surface area contributed by atoms with Crippen LogP contribution in [-0.2, 0) is 12.0 Å². The highest BCUT2D eigenvalue weighted by atomic mass is 19.1. The molecule has 192 valence electrons. The molecule has 0 aliphatic rings. The Morgan fingerprint density at radius 3 is 2.33 bits per heavy atom. The fraction of sp³-hybridized carbons (Fsp3) is 0.407. The number of carbonyl (C=O) groups is 1. The molecule has 2 N–H and O–H groups in total. The Kier molecular flexibility index (Phi) is 7.98. The molecule has 0 unspecified atom stereocenters. The molecule has 2 aromatic carbocycles. The van der Waals surface area contributed by atoms with Crippen molar-refractivity contribution >= 4 is 22.4 Å². The molecular formula is C27H32FN3O5. The summed E-state index contributed by atoms with van der Waals surface area (Å²) in [6.07, 6.45) is 1.62. The van der Waals surface area contributed by atoms with E-state index in [0.29, 0.717) is 29.1 Å². The van der Waals surface area contributed by atoms with Gasteiger partial charge in [-0.1, -0.05) is 20.8 Å². The van der Waals surface area contributed by atoms with Gasteiger partial charge in [-0.2, -0.15) is 5.26 Å². The van der Waals surface area contributed by atoms with Crippen LogP contribution in [0.5, 0.6) is 23.0 Å². The number of nitrogens with two attached hydrogens (primary N) is 1. The van der Waals surface area contributed by atoms with Gasteiger partial charge in [0.1, 0.15) is 11.9 Å². The van der Waals surface area contributed by atoms with E-state index in [1.54, 1.807) is 38.2 Å². The maximum Gasteiger partial charge on any atom is 0.197 e. The van der Waals surface area contributed by atoms with Gasteiger partial charge in [-0.15, -0.1) is 0 Å². The molecule has 0 aliphatic heterocycles. The highest BCUT2D eigenvalue weighted by Gasteiger charge is 2.26. The Bertz CT molecular complexity index is 1320. The SMILES string of the molecule is CCOc1cc2cn(CC(=O)c3cc(OCC#N)c(OC)c(C(C)(C)C)c3)c(N)c2c(F)c1OCC. The highest BCUT2D eigenvalue weighted by molar-refractivity contribution is 6.00. The molecule has 1 heterocycles. The van der Waals surface area contributed by atoms with Gasteiger partial charge in [0.2, 0.25) is 0 Å². The number of anilines is 1. The molecule has 3 aromatic rings. The van der Waals surface area contributed by atoms with E-state index in [0.717, 1.165) is 5.56 Å². The lowest BCUT2D eigenvalue weighted by Gasteiger charge is -2.24. The first kappa shape index (κ1) is 26.7. The smallest absolute Gasteiger partial charge is 0.197 e. The van der Waals surface area contributed by atoms with Crippen LogP contribution < -0.4 is 24.7 Å². The molecule has 0 fully saturated rings. The number of methoxy groups -OCH3 is 1. The van der Waals surface area contributed by atoms with Crippen LogP contribution in [0.15, 0.2) is 24.4 Å². The van der Waals surface area contributed by atoms with Crippen LogP contribution in [0.25, 0.3) is 10.8 Å². The summed E-state index contributed by atoms with van der Waals surface area (Å²) in [5.41, 5.74) is 7.03. The highest BCUT2D eigenvalue weighted by Crippen LogP contribution is 2.41. The van der Waals surface area contributed by atoms with Crippen LogP contribution in [0.4, 0.5) is 10.2 Å². The van der Waals surface area contributed by atoms with Gasteiger partial charge in [-0.05, 0) is 37.5 Å². The van der Waals surface area contributed by atoms with Crippen molar-refractivity contribution in [2.24, 2.45) is 0 Å². The molecule has 0 aliphatic carbocycles. The normalized spacial score (nSPS) is 11.3. The number of carbonyl (C=O) groups excluding carboxylic acids is 1. The van der Waals surface area contributed by atoms with Crippen molar-refractivity contribution < 1.29 is 28.1 Å². The largest absolute Gasteiger partial charge is 0.493 e. The molecule has 0 atom stereocenters. The molecule has 3 rings (SSSR count). The van der Waals surface area contributed by atoms with Gasteiger partial charge in [0.15, 0.2) is 41.2 Å². The fourth-order valence-electron chi connectivity index (χ4n) is 4.04. The topological polar surface area (TPSA) is 109 Å². The first-order chi connectivity index (χ1) is 17.1. The number of aromatic nitrogens is 1. The van der Waals surface area contributed by atoms with E-state index < -0.39 is 5.82 Å². The number of nitriles is 1. The van der Waals surface area contributed by atoms with E-state index >= 15 is 4.39 Å². The second-order valence-electron chi connectivity index (χ2n) is 9.17. The summed E-state index contributed by atoms with van der Waals surface area (Å²) < 4.78 is 39.0. The van der Waals surface area contributed by atoms with Gasteiger partial charge in [-0.25, -0.2) is 4.39 Å². The third kappa shape index (κ3) is 5.18. The minimum absolute atomic E-state index is 0.00752. The van der Waals surface area contributed by atoms with Gasteiger partial charge in [0, 0.05) is 22.7 Å². The summed E-state index contributed by atoms with van der Waals surface area (Å²) in [7, 11) is 1.51. The minimum atomic E-state index is -0.631. The second-order valence-corrected chi connectivity index (χ2v) is 9.17. The lowest BCUT2D eigenvalue weighted by molar-refractivity contribution is 0.0972. The zero-order valence-corrected chi connectivity index (χ0v) is 21.5. The molecule has 0 saturated heterocycles. The monoisotopic (exact) mass is 497 g/mol. The van der Waals surface area contributed by atoms with Crippen LogP contribution >= 0.6 is 0 Å². The number of hydrogen-bond acceptors (Lipinski definition) is 7. The Morgan fingerprint density at radius 1 is 1.08 bits per heavy atom.